The van der Waals surface area contributed by atoms with Gasteiger partial charge in [0.25, 0.3) is 0 Å². The van der Waals surface area contributed by atoms with E-state index in [1.165, 1.54) is 20.1 Å². The van der Waals surface area contributed by atoms with Gasteiger partial charge in [-0.3, -0.25) is 14.5 Å². The first-order valence-corrected chi connectivity index (χ1v) is 11.2. The number of piperazine rings is 1. The number of nitrogens with one attached hydrogen (secondary N) is 1. The predicted molar refractivity (Wildman–Crippen MR) is 127 cm³/mol. The third-order valence-corrected chi connectivity index (χ3v) is 5.69. The number of nitrogens with zero attached hydrogens (tertiary/aromatic N) is 2. The van der Waals surface area contributed by atoms with E-state index in [4.69, 9.17) is 32.7 Å². The van der Waals surface area contributed by atoms with Crippen molar-refractivity contribution in [1.82, 2.24) is 9.80 Å². The van der Waals surface area contributed by atoms with E-state index in [0.29, 0.717) is 46.9 Å². The van der Waals surface area contributed by atoms with Crippen LogP contribution in [0.25, 0.3) is 0 Å². The van der Waals surface area contributed by atoms with Gasteiger partial charge in [0.05, 0.1) is 24.4 Å². The van der Waals surface area contributed by atoms with Crippen LogP contribution in [0.4, 0.5) is 5.69 Å². The average Bonchev–Trinajstić information content (AvgIpc) is 2.76. The van der Waals surface area contributed by atoms with Crippen LogP contribution in [0.5, 0.6) is 11.5 Å². The standard InChI is InChI=1S/C23H27Cl2N3O5/c1-15(29)26-20-9-19(25)21(32-2)10-22(20)33-14-18(30)12-28-8-7-27(13-23(28)31)11-16-3-5-17(24)6-4-16/h3-6,9-10,18,30H,7-8,11-14H2,1-2H3,(H,26,29)/t18-/m1/s1. The highest BCUT2D eigenvalue weighted by Gasteiger charge is 2.26. The van der Waals surface area contributed by atoms with Crippen LogP contribution in [0, 0.1) is 0 Å². The molecule has 1 heterocycles. The zero-order valence-corrected chi connectivity index (χ0v) is 20.0. The fourth-order valence-corrected chi connectivity index (χ4v) is 3.89. The van der Waals surface area contributed by atoms with Crippen LogP contribution in [0.2, 0.25) is 10.0 Å². The lowest BCUT2D eigenvalue weighted by atomic mass is 10.2. The second-order valence-electron chi connectivity index (χ2n) is 7.81. The summed E-state index contributed by atoms with van der Waals surface area (Å²) in [6.07, 6.45) is -0.913. The third-order valence-electron chi connectivity index (χ3n) is 5.14. The number of carbonyl (C=O) groups is 2. The third kappa shape index (κ3) is 7.23. The molecule has 1 fully saturated rings. The summed E-state index contributed by atoms with van der Waals surface area (Å²) < 4.78 is 10.9. The second-order valence-corrected chi connectivity index (χ2v) is 8.65. The number of benzene rings is 2. The van der Waals surface area contributed by atoms with Crippen LogP contribution in [0.1, 0.15) is 12.5 Å². The number of aliphatic hydroxyl groups excluding tert-OH is 1. The molecule has 0 bridgehead atoms. The minimum Gasteiger partial charge on any atom is -0.495 e. The van der Waals surface area contributed by atoms with Crippen molar-refractivity contribution in [3.05, 3.63) is 52.0 Å². The van der Waals surface area contributed by atoms with E-state index in [9.17, 15) is 14.7 Å². The summed E-state index contributed by atoms with van der Waals surface area (Å²) in [5.41, 5.74) is 1.45. The highest BCUT2D eigenvalue weighted by molar-refractivity contribution is 6.32. The number of amides is 2. The molecule has 10 heteroatoms. The monoisotopic (exact) mass is 495 g/mol. The molecule has 2 aromatic carbocycles. The Labute approximate surface area is 203 Å². The van der Waals surface area contributed by atoms with Crippen LogP contribution in [-0.4, -0.2) is 72.7 Å². The molecular weight excluding hydrogens is 469 g/mol. The minimum atomic E-state index is -0.913. The van der Waals surface area contributed by atoms with E-state index in [1.54, 1.807) is 11.0 Å². The van der Waals surface area contributed by atoms with Crippen molar-refractivity contribution in [3.8, 4) is 11.5 Å². The number of ether oxygens (including phenoxy) is 2. The van der Waals surface area contributed by atoms with Gasteiger partial charge < -0.3 is 24.8 Å². The molecule has 0 saturated carbocycles. The van der Waals surface area contributed by atoms with E-state index < -0.39 is 6.10 Å². The maximum atomic E-state index is 12.6. The Morgan fingerprint density at radius 1 is 1.18 bits per heavy atom. The summed E-state index contributed by atoms with van der Waals surface area (Å²) in [4.78, 5) is 27.8. The zero-order valence-electron chi connectivity index (χ0n) is 18.5. The number of rotatable bonds is 9. The quantitative estimate of drug-likeness (QED) is 0.555. The molecule has 8 nitrogen and oxygen atoms in total. The summed E-state index contributed by atoms with van der Waals surface area (Å²) in [5.74, 6) is 0.344. The molecular formula is C23H27Cl2N3O5. The number of halogens is 2. The van der Waals surface area contributed by atoms with E-state index >= 15 is 0 Å². The van der Waals surface area contributed by atoms with E-state index in [2.05, 4.69) is 10.2 Å². The molecule has 2 aromatic rings. The van der Waals surface area contributed by atoms with Crippen LogP contribution in [-0.2, 0) is 16.1 Å². The van der Waals surface area contributed by atoms with Crippen LogP contribution in [0.15, 0.2) is 36.4 Å². The molecule has 1 aliphatic heterocycles. The molecule has 1 atom stereocenters. The molecule has 1 saturated heterocycles. The summed E-state index contributed by atoms with van der Waals surface area (Å²) in [6, 6.07) is 10.6. The van der Waals surface area contributed by atoms with Crippen molar-refractivity contribution in [2.75, 3.05) is 45.2 Å². The van der Waals surface area contributed by atoms with Gasteiger partial charge in [0.2, 0.25) is 11.8 Å². The van der Waals surface area contributed by atoms with Gasteiger partial charge in [-0.15, -0.1) is 0 Å². The minimum absolute atomic E-state index is 0.0543. The largest absolute Gasteiger partial charge is 0.495 e. The van der Waals surface area contributed by atoms with E-state index in [0.717, 1.165) is 5.56 Å². The molecule has 178 valence electrons. The van der Waals surface area contributed by atoms with Gasteiger partial charge in [-0.25, -0.2) is 0 Å². The molecule has 0 spiro atoms. The number of β-amino-alcohol motifs (C(OH)–C–C–N with tert-alkyl or cyclic N) is 1. The SMILES string of the molecule is COc1cc(OC[C@H](O)CN2CCN(Cc3ccc(Cl)cc3)CC2=O)c(NC(C)=O)cc1Cl. The van der Waals surface area contributed by atoms with E-state index in [-0.39, 0.29) is 31.5 Å². The summed E-state index contributed by atoms with van der Waals surface area (Å²) in [6.45, 7) is 3.58. The number of anilines is 1. The first-order valence-electron chi connectivity index (χ1n) is 10.5. The molecule has 0 aliphatic carbocycles. The molecule has 0 aromatic heterocycles. The summed E-state index contributed by atoms with van der Waals surface area (Å²) in [5, 5.41) is 14.1. The Morgan fingerprint density at radius 3 is 2.55 bits per heavy atom. The van der Waals surface area contributed by atoms with Crippen molar-refractivity contribution in [2.45, 2.75) is 19.6 Å². The fraction of sp³-hybridized carbons (Fsp3) is 0.391. The maximum absolute atomic E-state index is 12.6. The fourth-order valence-electron chi connectivity index (χ4n) is 3.52. The Balaban J connectivity index is 1.53. The van der Waals surface area contributed by atoms with Gasteiger partial charge in [-0.2, -0.15) is 0 Å². The Bertz CT molecular complexity index is 987. The van der Waals surface area contributed by atoms with Crippen molar-refractivity contribution in [1.29, 1.82) is 0 Å². The van der Waals surface area contributed by atoms with Crippen LogP contribution >= 0.6 is 23.2 Å². The molecule has 1 aliphatic rings. The van der Waals surface area contributed by atoms with Crippen LogP contribution in [0.3, 0.4) is 0 Å². The second kappa shape index (κ2) is 11.6. The van der Waals surface area contributed by atoms with E-state index in [1.807, 2.05) is 24.3 Å². The van der Waals surface area contributed by atoms with Gasteiger partial charge >= 0.3 is 0 Å². The molecule has 2 N–H and O–H groups in total. The first kappa shape index (κ1) is 25.1. The summed E-state index contributed by atoms with van der Waals surface area (Å²) >= 11 is 12.1. The smallest absolute Gasteiger partial charge is 0.236 e. The van der Waals surface area contributed by atoms with Crippen molar-refractivity contribution in [3.63, 3.8) is 0 Å². The topological polar surface area (TPSA) is 91.3 Å². The molecule has 3 rings (SSSR count). The van der Waals surface area contributed by atoms with Gasteiger partial charge in [0.15, 0.2) is 0 Å². The number of aliphatic hydroxyl groups is 1. The Hall–Kier alpha value is -2.52. The lowest BCUT2D eigenvalue weighted by Gasteiger charge is -2.35. The van der Waals surface area contributed by atoms with Gasteiger partial charge in [-0.1, -0.05) is 35.3 Å². The molecule has 0 radical (unpaired) electrons. The number of methoxy groups -OCH3 is 1. The Kier molecular flexibility index (Phi) is 8.80. The predicted octanol–water partition coefficient (Wildman–Crippen LogP) is 3.04. The van der Waals surface area contributed by atoms with Gasteiger partial charge in [0.1, 0.15) is 24.2 Å². The lowest BCUT2D eigenvalue weighted by Crippen LogP contribution is -2.52. The zero-order chi connectivity index (χ0) is 24.0. The molecule has 0 unspecified atom stereocenters. The number of hydrogen-bond donors (Lipinski definition) is 2. The lowest BCUT2D eigenvalue weighted by molar-refractivity contribution is -0.138. The number of hydrogen-bond acceptors (Lipinski definition) is 6. The maximum Gasteiger partial charge on any atom is 0.236 e. The van der Waals surface area contributed by atoms with Crippen molar-refractivity contribution >= 4 is 40.7 Å². The molecule has 2 amide bonds. The molecule has 33 heavy (non-hydrogen) atoms. The normalized spacial score (nSPS) is 15.3. The number of carbonyl (C=O) groups excluding carboxylic acids is 2. The van der Waals surface area contributed by atoms with Gasteiger partial charge in [0, 0.05) is 44.2 Å². The van der Waals surface area contributed by atoms with Gasteiger partial charge in [-0.05, 0) is 23.8 Å². The Morgan fingerprint density at radius 2 is 1.91 bits per heavy atom. The van der Waals surface area contributed by atoms with Crippen molar-refractivity contribution in [2.24, 2.45) is 0 Å². The first-order chi connectivity index (χ1) is 15.7. The van der Waals surface area contributed by atoms with Crippen molar-refractivity contribution < 1.29 is 24.2 Å². The highest BCUT2D eigenvalue weighted by Crippen LogP contribution is 2.36. The average molecular weight is 496 g/mol. The summed E-state index contributed by atoms with van der Waals surface area (Å²) in [7, 11) is 1.47. The highest BCUT2D eigenvalue weighted by atomic mass is 35.5. The van der Waals surface area contributed by atoms with Crippen LogP contribution < -0.4 is 14.8 Å².